The van der Waals surface area contributed by atoms with Gasteiger partial charge in [0, 0.05) is 18.4 Å². The molecule has 19 heavy (non-hydrogen) atoms. The molecule has 104 valence electrons. The Morgan fingerprint density at radius 3 is 2.68 bits per heavy atom. The van der Waals surface area contributed by atoms with Crippen molar-refractivity contribution in [2.24, 2.45) is 5.73 Å². The second kappa shape index (κ2) is 6.47. The molecule has 0 bridgehead atoms. The third-order valence-corrected chi connectivity index (χ3v) is 2.84. The van der Waals surface area contributed by atoms with Crippen LogP contribution in [0.25, 0.3) is 0 Å². The van der Waals surface area contributed by atoms with E-state index in [4.69, 9.17) is 22.7 Å². The van der Waals surface area contributed by atoms with E-state index in [2.05, 4.69) is 4.98 Å². The number of hydrogen-bond acceptors (Lipinski definition) is 5. The predicted octanol–water partition coefficient (Wildman–Crippen LogP) is 1.33. The van der Waals surface area contributed by atoms with Crippen molar-refractivity contribution in [2.75, 3.05) is 25.1 Å². The predicted molar refractivity (Wildman–Crippen MR) is 79.5 cm³/mol. The summed E-state index contributed by atoms with van der Waals surface area (Å²) in [5.41, 5.74) is 8.85. The van der Waals surface area contributed by atoms with Crippen LogP contribution in [0, 0.1) is 13.8 Å². The van der Waals surface area contributed by atoms with Crippen molar-refractivity contribution in [3.05, 3.63) is 23.0 Å². The van der Waals surface area contributed by atoms with E-state index in [0.29, 0.717) is 12.2 Å². The molecule has 5 nitrogen and oxygen atoms in total. The lowest BCUT2D eigenvalue weighted by Crippen LogP contribution is -2.30. The summed E-state index contributed by atoms with van der Waals surface area (Å²) in [5.74, 6) is -0.286. The van der Waals surface area contributed by atoms with Crippen LogP contribution >= 0.6 is 12.2 Å². The SMILES string of the molecule is CCOC(=O)CN(C)c1cc(C)nc(C)c1C(N)=S. The van der Waals surface area contributed by atoms with Gasteiger partial charge in [0.15, 0.2) is 0 Å². The molecule has 0 saturated carbocycles. The Morgan fingerprint density at radius 2 is 2.16 bits per heavy atom. The van der Waals surface area contributed by atoms with E-state index in [1.54, 1.807) is 18.9 Å². The minimum Gasteiger partial charge on any atom is -0.465 e. The molecule has 0 aliphatic rings. The molecule has 0 saturated heterocycles. The van der Waals surface area contributed by atoms with Crippen LogP contribution in [-0.4, -0.2) is 36.1 Å². The zero-order chi connectivity index (χ0) is 14.6. The molecule has 2 N–H and O–H groups in total. The van der Waals surface area contributed by atoms with Gasteiger partial charge in [0.05, 0.1) is 17.9 Å². The number of esters is 1. The fourth-order valence-electron chi connectivity index (χ4n) is 1.90. The van der Waals surface area contributed by atoms with Gasteiger partial charge < -0.3 is 15.4 Å². The lowest BCUT2D eigenvalue weighted by molar-refractivity contribution is -0.141. The Bertz CT molecular complexity index is 503. The number of pyridine rings is 1. The number of thiocarbonyl (C=S) groups is 1. The van der Waals surface area contributed by atoms with E-state index >= 15 is 0 Å². The van der Waals surface area contributed by atoms with Crippen molar-refractivity contribution >= 4 is 28.9 Å². The molecule has 0 unspecified atom stereocenters. The lowest BCUT2D eigenvalue weighted by Gasteiger charge is -2.22. The maximum Gasteiger partial charge on any atom is 0.325 e. The Balaban J connectivity index is 3.11. The van der Waals surface area contributed by atoms with E-state index in [1.165, 1.54) is 0 Å². The van der Waals surface area contributed by atoms with Crippen LogP contribution < -0.4 is 10.6 Å². The summed E-state index contributed by atoms with van der Waals surface area (Å²) in [7, 11) is 1.80. The highest BCUT2D eigenvalue weighted by Gasteiger charge is 2.16. The number of likely N-dealkylation sites (N-methyl/N-ethyl adjacent to an activating group) is 1. The first-order valence-electron chi connectivity index (χ1n) is 6.01. The largest absolute Gasteiger partial charge is 0.465 e. The molecule has 0 aliphatic heterocycles. The molecular weight excluding hydrogens is 262 g/mol. The maximum atomic E-state index is 11.5. The normalized spacial score (nSPS) is 10.1. The number of nitrogens with two attached hydrogens (primary N) is 1. The fourth-order valence-corrected chi connectivity index (χ4v) is 2.15. The Morgan fingerprint density at radius 1 is 1.53 bits per heavy atom. The first-order valence-corrected chi connectivity index (χ1v) is 6.42. The number of aromatic nitrogens is 1. The van der Waals surface area contributed by atoms with Gasteiger partial charge in [0.25, 0.3) is 0 Å². The van der Waals surface area contributed by atoms with Gasteiger partial charge in [-0.1, -0.05) is 12.2 Å². The van der Waals surface area contributed by atoms with E-state index < -0.39 is 0 Å². The van der Waals surface area contributed by atoms with Gasteiger partial charge in [0.2, 0.25) is 0 Å². The van der Waals surface area contributed by atoms with Crippen LogP contribution in [0.2, 0.25) is 0 Å². The summed E-state index contributed by atoms with van der Waals surface area (Å²) in [6, 6.07) is 1.86. The number of anilines is 1. The first kappa shape index (κ1) is 15.4. The molecule has 0 radical (unpaired) electrons. The highest BCUT2D eigenvalue weighted by atomic mass is 32.1. The Labute approximate surface area is 118 Å². The zero-order valence-electron chi connectivity index (χ0n) is 11.7. The lowest BCUT2D eigenvalue weighted by atomic mass is 10.1. The molecule has 1 aromatic rings. The smallest absolute Gasteiger partial charge is 0.325 e. The van der Waals surface area contributed by atoms with E-state index in [-0.39, 0.29) is 17.5 Å². The standard InChI is InChI=1S/C13H19N3O2S/c1-5-18-11(17)7-16(4)10-6-8(2)15-9(3)12(10)13(14)19/h6H,5,7H2,1-4H3,(H2,14,19). The van der Waals surface area contributed by atoms with Crippen LogP contribution in [-0.2, 0) is 9.53 Å². The van der Waals surface area contributed by atoms with Gasteiger partial charge in [-0.05, 0) is 26.8 Å². The second-order valence-corrected chi connectivity index (χ2v) is 4.71. The van der Waals surface area contributed by atoms with E-state index in [1.807, 2.05) is 19.9 Å². The van der Waals surface area contributed by atoms with Gasteiger partial charge in [-0.15, -0.1) is 0 Å². The maximum absolute atomic E-state index is 11.5. The number of nitrogens with zero attached hydrogens (tertiary/aromatic N) is 2. The molecule has 0 aliphatic carbocycles. The molecule has 1 aromatic heterocycles. The summed E-state index contributed by atoms with van der Waals surface area (Å²) < 4.78 is 4.93. The summed E-state index contributed by atoms with van der Waals surface area (Å²) in [6.07, 6.45) is 0. The van der Waals surface area contributed by atoms with Crippen molar-refractivity contribution in [1.82, 2.24) is 4.98 Å². The summed E-state index contributed by atoms with van der Waals surface area (Å²) in [6.45, 7) is 6.02. The summed E-state index contributed by atoms with van der Waals surface area (Å²) in [4.78, 5) is 17.9. The highest BCUT2D eigenvalue weighted by molar-refractivity contribution is 7.80. The number of hydrogen-bond donors (Lipinski definition) is 1. The van der Waals surface area contributed by atoms with E-state index in [9.17, 15) is 4.79 Å². The Hall–Kier alpha value is -1.69. The zero-order valence-corrected chi connectivity index (χ0v) is 12.5. The number of carbonyl (C=O) groups is 1. The van der Waals surface area contributed by atoms with Gasteiger partial charge in [-0.25, -0.2) is 0 Å². The average Bonchev–Trinajstić information content (AvgIpc) is 2.27. The van der Waals surface area contributed by atoms with E-state index in [0.717, 1.165) is 17.1 Å². The summed E-state index contributed by atoms with van der Waals surface area (Å²) in [5, 5.41) is 0. The van der Waals surface area contributed by atoms with Gasteiger partial charge in [0.1, 0.15) is 11.5 Å². The minimum atomic E-state index is -0.286. The van der Waals surface area contributed by atoms with Crippen molar-refractivity contribution in [2.45, 2.75) is 20.8 Å². The van der Waals surface area contributed by atoms with Crippen LogP contribution in [0.3, 0.4) is 0 Å². The fraction of sp³-hybridized carbons (Fsp3) is 0.462. The number of ether oxygens (including phenoxy) is 1. The quantitative estimate of drug-likeness (QED) is 0.649. The average molecular weight is 281 g/mol. The third kappa shape index (κ3) is 3.89. The molecule has 1 rings (SSSR count). The molecular formula is C13H19N3O2S. The number of rotatable bonds is 5. The molecule has 1 heterocycles. The van der Waals surface area contributed by atoms with Crippen molar-refractivity contribution in [3.63, 3.8) is 0 Å². The van der Waals surface area contributed by atoms with Gasteiger partial charge in [-0.2, -0.15) is 0 Å². The van der Waals surface area contributed by atoms with Gasteiger partial charge >= 0.3 is 5.97 Å². The van der Waals surface area contributed by atoms with Crippen LogP contribution in [0.5, 0.6) is 0 Å². The molecule has 0 aromatic carbocycles. The number of carbonyl (C=O) groups excluding carboxylic acids is 1. The summed E-state index contributed by atoms with van der Waals surface area (Å²) >= 11 is 5.06. The number of aryl methyl sites for hydroxylation is 2. The molecule has 0 atom stereocenters. The topological polar surface area (TPSA) is 68.5 Å². The van der Waals surface area contributed by atoms with Crippen LogP contribution in [0.1, 0.15) is 23.9 Å². The highest BCUT2D eigenvalue weighted by Crippen LogP contribution is 2.23. The Kier molecular flexibility index (Phi) is 5.23. The second-order valence-electron chi connectivity index (χ2n) is 4.27. The minimum absolute atomic E-state index is 0.145. The molecule has 0 amide bonds. The van der Waals surface area contributed by atoms with Crippen molar-refractivity contribution in [3.8, 4) is 0 Å². The monoisotopic (exact) mass is 281 g/mol. The van der Waals surface area contributed by atoms with Crippen molar-refractivity contribution < 1.29 is 9.53 Å². The third-order valence-electron chi connectivity index (χ3n) is 2.64. The van der Waals surface area contributed by atoms with Crippen LogP contribution in [0.15, 0.2) is 6.07 Å². The van der Waals surface area contributed by atoms with Gasteiger partial charge in [-0.3, -0.25) is 9.78 Å². The molecule has 6 heteroatoms. The first-order chi connectivity index (χ1) is 8.86. The van der Waals surface area contributed by atoms with Crippen LogP contribution in [0.4, 0.5) is 5.69 Å². The molecule has 0 fully saturated rings. The molecule has 0 spiro atoms. The van der Waals surface area contributed by atoms with Crippen molar-refractivity contribution in [1.29, 1.82) is 0 Å².